The van der Waals surface area contributed by atoms with Crippen molar-refractivity contribution in [1.29, 1.82) is 0 Å². The van der Waals surface area contributed by atoms with Gasteiger partial charge in [-0.25, -0.2) is 0 Å². The molecule has 6 rings (SSSR count). The lowest BCUT2D eigenvalue weighted by molar-refractivity contribution is -0.0414. The second-order valence-corrected chi connectivity index (χ2v) is 8.87. The van der Waals surface area contributed by atoms with Crippen LogP contribution in [-0.2, 0) is 4.74 Å². The lowest BCUT2D eigenvalue weighted by atomic mass is 9.74. The van der Waals surface area contributed by atoms with E-state index in [0.29, 0.717) is 0 Å². The first-order valence-corrected chi connectivity index (χ1v) is 10.5. The van der Waals surface area contributed by atoms with E-state index in [1.807, 2.05) is 0 Å². The zero-order valence-electron chi connectivity index (χ0n) is 15.2. The summed E-state index contributed by atoms with van der Waals surface area (Å²) in [5.74, 6) is 3.49. The van der Waals surface area contributed by atoms with Crippen LogP contribution in [0.4, 0.5) is 0 Å². The largest absolute Gasteiger partial charge is 0.390 e. The van der Waals surface area contributed by atoms with E-state index < -0.39 is 0 Å². The Kier molecular flexibility index (Phi) is 6.83. The van der Waals surface area contributed by atoms with Crippen LogP contribution < -0.4 is 0 Å². The highest BCUT2D eigenvalue weighted by atomic mass is 16.5. The van der Waals surface area contributed by atoms with E-state index in [4.69, 9.17) is 4.74 Å². The summed E-state index contributed by atoms with van der Waals surface area (Å²) in [7, 11) is 1.80. The Labute approximate surface area is 143 Å². The van der Waals surface area contributed by atoms with Gasteiger partial charge in [0, 0.05) is 7.11 Å². The van der Waals surface area contributed by atoms with Crippen molar-refractivity contribution < 1.29 is 9.84 Å². The molecule has 0 aromatic carbocycles. The van der Waals surface area contributed by atoms with Gasteiger partial charge in [-0.2, -0.15) is 0 Å². The maximum absolute atomic E-state index is 10.7. The number of hydrogen-bond acceptors (Lipinski definition) is 2. The highest BCUT2D eigenvalue weighted by Gasteiger charge is 2.30. The SMILES string of the molecule is COC1CC2CCC(CCCCC3CCC(CC3)CC1O)CC2. The van der Waals surface area contributed by atoms with Crippen molar-refractivity contribution in [2.24, 2.45) is 23.7 Å². The fourth-order valence-corrected chi connectivity index (χ4v) is 5.61. The van der Waals surface area contributed by atoms with E-state index in [9.17, 15) is 5.11 Å². The van der Waals surface area contributed by atoms with Crippen LogP contribution in [0, 0.1) is 23.7 Å². The van der Waals surface area contributed by atoms with Crippen LogP contribution in [0.25, 0.3) is 0 Å². The molecule has 6 aliphatic rings. The van der Waals surface area contributed by atoms with E-state index in [-0.39, 0.29) is 12.2 Å². The van der Waals surface area contributed by atoms with Gasteiger partial charge in [-0.1, -0.05) is 77.0 Å². The zero-order chi connectivity index (χ0) is 16.1. The monoisotopic (exact) mass is 322 g/mol. The Balaban J connectivity index is 1.60. The van der Waals surface area contributed by atoms with Gasteiger partial charge in [0.15, 0.2) is 0 Å². The van der Waals surface area contributed by atoms with Crippen molar-refractivity contribution in [2.75, 3.05) is 7.11 Å². The Bertz CT molecular complexity index is 327. The molecule has 6 saturated carbocycles. The predicted octanol–water partition coefficient (Wildman–Crippen LogP) is 5.33. The molecule has 23 heavy (non-hydrogen) atoms. The summed E-state index contributed by atoms with van der Waals surface area (Å²) < 4.78 is 5.71. The summed E-state index contributed by atoms with van der Waals surface area (Å²) in [6.07, 6.45) is 18.8. The molecule has 0 heterocycles. The maximum Gasteiger partial charge on any atom is 0.0832 e. The van der Waals surface area contributed by atoms with Crippen molar-refractivity contribution in [3.05, 3.63) is 0 Å². The van der Waals surface area contributed by atoms with E-state index in [1.54, 1.807) is 7.11 Å². The molecule has 0 aromatic rings. The van der Waals surface area contributed by atoms with Crippen molar-refractivity contribution in [2.45, 2.75) is 102 Å². The third kappa shape index (κ3) is 5.19. The Morgan fingerprint density at radius 3 is 1.52 bits per heavy atom. The standard InChI is InChI=1S/C21H38O2/c1-23-21-15-19-12-8-17(9-13-19)5-3-2-4-16-6-10-18(11-7-16)14-20(21)22/h16-22H,2-15H2,1H3. The predicted molar refractivity (Wildman–Crippen MR) is 95.4 cm³/mol. The van der Waals surface area contributed by atoms with Gasteiger partial charge >= 0.3 is 0 Å². The molecule has 0 radical (unpaired) electrons. The lowest BCUT2D eigenvalue weighted by Crippen LogP contribution is -2.34. The molecule has 0 aromatic heterocycles. The van der Waals surface area contributed by atoms with Gasteiger partial charge in [-0.15, -0.1) is 0 Å². The quantitative estimate of drug-likeness (QED) is 0.707. The average molecular weight is 323 g/mol. The minimum atomic E-state index is -0.243. The van der Waals surface area contributed by atoms with Crippen LogP contribution in [0.15, 0.2) is 0 Å². The molecular weight excluding hydrogens is 284 g/mol. The topological polar surface area (TPSA) is 29.5 Å². The molecular formula is C21H38O2. The highest BCUT2D eigenvalue weighted by Crippen LogP contribution is 2.38. The van der Waals surface area contributed by atoms with Crippen molar-refractivity contribution in [3.63, 3.8) is 0 Å². The van der Waals surface area contributed by atoms with Crippen LogP contribution in [-0.4, -0.2) is 24.4 Å². The molecule has 1 N–H and O–H groups in total. The fraction of sp³-hybridized carbons (Fsp3) is 1.00. The first-order chi connectivity index (χ1) is 11.2. The van der Waals surface area contributed by atoms with E-state index >= 15 is 0 Å². The number of hydrogen-bond donors (Lipinski definition) is 1. The molecule has 2 heteroatoms. The second-order valence-electron chi connectivity index (χ2n) is 8.87. The number of ether oxygens (including phenoxy) is 1. The summed E-state index contributed by atoms with van der Waals surface area (Å²) in [5, 5.41) is 10.7. The molecule has 0 aliphatic heterocycles. The fourth-order valence-electron chi connectivity index (χ4n) is 5.61. The number of rotatable bonds is 1. The van der Waals surface area contributed by atoms with Crippen LogP contribution in [0.2, 0.25) is 0 Å². The zero-order valence-corrected chi connectivity index (χ0v) is 15.2. The molecule has 6 aliphatic carbocycles. The van der Waals surface area contributed by atoms with Crippen LogP contribution in [0.3, 0.4) is 0 Å². The molecule has 2 nitrogen and oxygen atoms in total. The summed E-state index contributed by atoms with van der Waals surface area (Å²) >= 11 is 0. The van der Waals surface area contributed by atoms with Gasteiger partial charge in [0.2, 0.25) is 0 Å². The van der Waals surface area contributed by atoms with Crippen LogP contribution >= 0.6 is 0 Å². The van der Waals surface area contributed by atoms with Gasteiger partial charge in [0.05, 0.1) is 12.2 Å². The van der Waals surface area contributed by atoms with Gasteiger partial charge in [0.25, 0.3) is 0 Å². The van der Waals surface area contributed by atoms with E-state index in [1.165, 1.54) is 77.0 Å². The van der Waals surface area contributed by atoms with E-state index in [2.05, 4.69) is 0 Å². The van der Waals surface area contributed by atoms with Gasteiger partial charge < -0.3 is 9.84 Å². The molecule has 2 unspecified atom stereocenters. The summed E-state index contributed by atoms with van der Waals surface area (Å²) in [6, 6.07) is 0. The van der Waals surface area contributed by atoms with Crippen molar-refractivity contribution >= 4 is 0 Å². The summed E-state index contributed by atoms with van der Waals surface area (Å²) in [6.45, 7) is 0. The van der Waals surface area contributed by atoms with Gasteiger partial charge in [-0.3, -0.25) is 0 Å². The van der Waals surface area contributed by atoms with E-state index in [0.717, 1.165) is 36.5 Å². The molecule has 2 atom stereocenters. The number of aliphatic hydroxyl groups excluding tert-OH is 1. The molecule has 6 fully saturated rings. The van der Waals surface area contributed by atoms with Gasteiger partial charge in [-0.05, 0) is 36.5 Å². The maximum atomic E-state index is 10.7. The summed E-state index contributed by atoms with van der Waals surface area (Å²) in [4.78, 5) is 0. The van der Waals surface area contributed by atoms with Crippen molar-refractivity contribution in [3.8, 4) is 0 Å². The van der Waals surface area contributed by atoms with Crippen LogP contribution in [0.1, 0.15) is 89.9 Å². The third-order valence-electron chi connectivity index (χ3n) is 7.28. The molecule has 134 valence electrons. The average Bonchev–Trinajstić information content (AvgIpc) is 2.58. The lowest BCUT2D eigenvalue weighted by Gasteiger charge is -2.35. The molecule has 0 amide bonds. The molecule has 4 bridgehead atoms. The minimum Gasteiger partial charge on any atom is -0.390 e. The van der Waals surface area contributed by atoms with Crippen LogP contribution in [0.5, 0.6) is 0 Å². The molecule has 0 saturated heterocycles. The first-order valence-electron chi connectivity index (χ1n) is 10.5. The number of aliphatic hydroxyl groups is 1. The number of methoxy groups -OCH3 is 1. The smallest absolute Gasteiger partial charge is 0.0832 e. The molecule has 0 spiro atoms. The summed E-state index contributed by atoms with van der Waals surface area (Å²) in [5.41, 5.74) is 0. The normalized spacial score (nSPS) is 43.6. The van der Waals surface area contributed by atoms with Crippen molar-refractivity contribution in [1.82, 2.24) is 0 Å². The Morgan fingerprint density at radius 1 is 0.609 bits per heavy atom. The van der Waals surface area contributed by atoms with Gasteiger partial charge in [0.1, 0.15) is 0 Å². The minimum absolute atomic E-state index is 0.0715. The highest BCUT2D eigenvalue weighted by molar-refractivity contribution is 4.82. The second kappa shape index (κ2) is 8.85. The Hall–Kier alpha value is -0.0800. The third-order valence-corrected chi connectivity index (χ3v) is 7.28. The Morgan fingerprint density at radius 2 is 1.04 bits per heavy atom. The first kappa shape index (κ1) is 17.7.